The zero-order valence-electron chi connectivity index (χ0n) is 10.2. The van der Waals surface area contributed by atoms with Crippen LogP contribution < -0.4 is 4.90 Å². The van der Waals surface area contributed by atoms with E-state index in [1.165, 1.54) is 0 Å². The van der Waals surface area contributed by atoms with Crippen LogP contribution in [0.25, 0.3) is 0 Å². The number of hydrogen-bond acceptors (Lipinski definition) is 2. The molecule has 0 bridgehead atoms. The number of aromatic amines is 1. The first kappa shape index (κ1) is 12.3. The number of nitrogens with one attached hydrogen (secondary N) is 1. The minimum atomic E-state index is -0.117. The molecular weight excluding hydrogens is 308 g/mol. The molecule has 1 aromatic carbocycles. The van der Waals surface area contributed by atoms with Gasteiger partial charge in [0, 0.05) is 17.2 Å². The van der Waals surface area contributed by atoms with Crippen LogP contribution in [0.5, 0.6) is 5.75 Å². The average molecular weight is 321 g/mol. The van der Waals surface area contributed by atoms with E-state index in [2.05, 4.69) is 20.9 Å². The van der Waals surface area contributed by atoms with E-state index in [-0.39, 0.29) is 11.7 Å². The van der Waals surface area contributed by atoms with Crippen molar-refractivity contribution in [3.05, 3.63) is 46.2 Å². The van der Waals surface area contributed by atoms with Crippen molar-refractivity contribution in [2.75, 3.05) is 11.4 Å². The molecule has 1 aliphatic heterocycles. The number of amides is 1. The molecule has 5 heteroatoms. The first-order chi connectivity index (χ1) is 9.16. The van der Waals surface area contributed by atoms with Gasteiger partial charge < -0.3 is 15.0 Å². The first-order valence-corrected chi connectivity index (χ1v) is 6.93. The molecule has 0 spiro atoms. The molecule has 2 N–H and O–H groups in total. The highest BCUT2D eigenvalue weighted by atomic mass is 79.9. The van der Waals surface area contributed by atoms with Crippen LogP contribution in [0.4, 0.5) is 5.69 Å². The Hall–Kier alpha value is -1.75. The second-order valence-electron chi connectivity index (χ2n) is 4.58. The summed E-state index contributed by atoms with van der Waals surface area (Å²) in [5.41, 5.74) is 2.18. The van der Waals surface area contributed by atoms with E-state index in [0.29, 0.717) is 17.9 Å². The van der Waals surface area contributed by atoms with E-state index in [1.807, 2.05) is 12.1 Å². The Kier molecular flexibility index (Phi) is 3.06. The van der Waals surface area contributed by atoms with Gasteiger partial charge in [-0.3, -0.25) is 4.79 Å². The second-order valence-corrected chi connectivity index (χ2v) is 5.49. The predicted molar refractivity (Wildman–Crippen MR) is 76.6 cm³/mol. The largest absolute Gasteiger partial charge is 0.506 e. The summed E-state index contributed by atoms with van der Waals surface area (Å²) in [4.78, 5) is 17.1. The number of phenols is 1. The van der Waals surface area contributed by atoms with Crippen molar-refractivity contribution in [1.29, 1.82) is 0 Å². The fourth-order valence-electron chi connectivity index (χ4n) is 2.47. The number of aromatic nitrogens is 1. The number of halogens is 1. The van der Waals surface area contributed by atoms with Gasteiger partial charge >= 0.3 is 0 Å². The number of nitrogens with zero attached hydrogens (tertiary/aromatic N) is 1. The molecule has 2 aromatic rings. The number of aromatic hydroxyl groups is 1. The summed E-state index contributed by atoms with van der Waals surface area (Å²) in [7, 11) is 0. The third kappa shape index (κ3) is 2.14. The maximum absolute atomic E-state index is 12.5. The number of phenolic OH excluding ortho intramolecular Hbond substituents is 1. The quantitative estimate of drug-likeness (QED) is 0.848. The molecule has 1 aliphatic rings. The van der Waals surface area contributed by atoms with E-state index in [4.69, 9.17) is 0 Å². The third-order valence-electron chi connectivity index (χ3n) is 3.32. The standard InChI is InChI=1S/C14H13BrN2O2/c15-10-7-11(16-8-10)14(19)17-6-2-4-9-3-1-5-12(18)13(9)17/h1,3,5,7-8,16,18H,2,4,6H2. The number of benzene rings is 1. The van der Waals surface area contributed by atoms with Crippen LogP contribution >= 0.6 is 15.9 Å². The van der Waals surface area contributed by atoms with Crippen molar-refractivity contribution < 1.29 is 9.90 Å². The van der Waals surface area contributed by atoms with Crippen LogP contribution in [0.1, 0.15) is 22.5 Å². The number of fused-ring (bicyclic) bond motifs is 1. The Morgan fingerprint density at radius 1 is 1.42 bits per heavy atom. The summed E-state index contributed by atoms with van der Waals surface area (Å²) >= 11 is 3.32. The Morgan fingerprint density at radius 3 is 3.00 bits per heavy atom. The van der Waals surface area contributed by atoms with Crippen molar-refractivity contribution >= 4 is 27.5 Å². The topological polar surface area (TPSA) is 56.3 Å². The molecular formula is C14H13BrN2O2. The van der Waals surface area contributed by atoms with Crippen LogP contribution in [0.3, 0.4) is 0 Å². The van der Waals surface area contributed by atoms with Crippen molar-refractivity contribution in [2.45, 2.75) is 12.8 Å². The van der Waals surface area contributed by atoms with Gasteiger partial charge in [0.25, 0.3) is 5.91 Å². The number of H-pyrrole nitrogens is 1. The molecule has 4 nitrogen and oxygen atoms in total. The van der Waals surface area contributed by atoms with E-state index >= 15 is 0 Å². The number of aryl methyl sites for hydroxylation is 1. The lowest BCUT2D eigenvalue weighted by molar-refractivity contribution is 0.0980. The zero-order valence-corrected chi connectivity index (χ0v) is 11.8. The minimum Gasteiger partial charge on any atom is -0.506 e. The number of carbonyl (C=O) groups excluding carboxylic acids is 1. The van der Waals surface area contributed by atoms with Gasteiger partial charge in [-0.05, 0) is 46.5 Å². The summed E-state index contributed by atoms with van der Waals surface area (Å²) in [6.07, 6.45) is 3.52. The summed E-state index contributed by atoms with van der Waals surface area (Å²) in [5, 5.41) is 10.0. The minimum absolute atomic E-state index is 0.117. The molecule has 98 valence electrons. The number of hydrogen-bond donors (Lipinski definition) is 2. The number of rotatable bonds is 1. The highest BCUT2D eigenvalue weighted by Crippen LogP contribution is 2.36. The lowest BCUT2D eigenvalue weighted by Crippen LogP contribution is -2.35. The fraction of sp³-hybridized carbons (Fsp3) is 0.214. The summed E-state index contributed by atoms with van der Waals surface area (Å²) in [6.45, 7) is 0.625. The first-order valence-electron chi connectivity index (χ1n) is 6.13. The van der Waals surface area contributed by atoms with Gasteiger partial charge in [-0.15, -0.1) is 0 Å². The monoisotopic (exact) mass is 320 g/mol. The van der Waals surface area contributed by atoms with Crippen LogP contribution in [-0.2, 0) is 6.42 Å². The Morgan fingerprint density at radius 2 is 2.26 bits per heavy atom. The van der Waals surface area contributed by atoms with Gasteiger partial charge in [0.05, 0.1) is 5.69 Å². The second kappa shape index (κ2) is 4.74. The smallest absolute Gasteiger partial charge is 0.274 e. The number of anilines is 1. The highest BCUT2D eigenvalue weighted by Gasteiger charge is 2.26. The van der Waals surface area contributed by atoms with Gasteiger partial charge in [-0.1, -0.05) is 12.1 Å². The SMILES string of the molecule is O=C(c1cc(Br)c[nH]1)N1CCCc2cccc(O)c21. The predicted octanol–water partition coefficient (Wildman–Crippen LogP) is 3.08. The Balaban J connectivity index is 2.02. The molecule has 19 heavy (non-hydrogen) atoms. The molecule has 0 atom stereocenters. The number of para-hydroxylation sites is 1. The molecule has 0 saturated carbocycles. The summed E-state index contributed by atoms with van der Waals surface area (Å²) in [6, 6.07) is 7.14. The Labute approximate surface area is 119 Å². The van der Waals surface area contributed by atoms with E-state index < -0.39 is 0 Å². The van der Waals surface area contributed by atoms with Crippen molar-refractivity contribution in [1.82, 2.24) is 4.98 Å². The molecule has 0 radical (unpaired) electrons. The Bertz CT molecular complexity index is 636. The van der Waals surface area contributed by atoms with Crippen molar-refractivity contribution in [3.8, 4) is 5.75 Å². The molecule has 1 amide bonds. The van der Waals surface area contributed by atoms with Gasteiger partial charge in [-0.2, -0.15) is 0 Å². The number of carbonyl (C=O) groups is 1. The zero-order chi connectivity index (χ0) is 13.4. The van der Waals surface area contributed by atoms with E-state index in [1.54, 1.807) is 23.2 Å². The van der Waals surface area contributed by atoms with E-state index in [9.17, 15) is 9.90 Å². The van der Waals surface area contributed by atoms with Crippen molar-refractivity contribution in [2.24, 2.45) is 0 Å². The third-order valence-corrected chi connectivity index (χ3v) is 3.78. The van der Waals surface area contributed by atoms with Gasteiger partial charge in [-0.25, -0.2) is 0 Å². The fourth-order valence-corrected chi connectivity index (χ4v) is 2.81. The molecule has 0 fully saturated rings. The lowest BCUT2D eigenvalue weighted by Gasteiger charge is -2.29. The van der Waals surface area contributed by atoms with Crippen LogP contribution in [0, 0.1) is 0 Å². The summed E-state index contributed by atoms with van der Waals surface area (Å²) in [5.74, 6) is 0.0457. The van der Waals surface area contributed by atoms with Crippen molar-refractivity contribution in [3.63, 3.8) is 0 Å². The molecule has 0 aliphatic carbocycles. The molecule has 3 rings (SSSR count). The van der Waals surface area contributed by atoms with Gasteiger partial charge in [0.1, 0.15) is 11.4 Å². The van der Waals surface area contributed by atoms with Gasteiger partial charge in [0.15, 0.2) is 0 Å². The maximum atomic E-state index is 12.5. The lowest BCUT2D eigenvalue weighted by atomic mass is 10.0. The normalized spacial score (nSPS) is 14.3. The van der Waals surface area contributed by atoms with Crippen LogP contribution in [0.15, 0.2) is 34.9 Å². The maximum Gasteiger partial charge on any atom is 0.274 e. The van der Waals surface area contributed by atoms with E-state index in [0.717, 1.165) is 22.9 Å². The highest BCUT2D eigenvalue weighted by molar-refractivity contribution is 9.10. The molecule has 2 heterocycles. The van der Waals surface area contributed by atoms with Gasteiger partial charge in [0.2, 0.25) is 0 Å². The molecule has 0 saturated heterocycles. The summed E-state index contributed by atoms with van der Waals surface area (Å²) < 4.78 is 0.838. The average Bonchev–Trinajstić information content (AvgIpc) is 2.84. The molecule has 0 unspecified atom stereocenters. The van der Waals surface area contributed by atoms with Crippen LogP contribution in [0.2, 0.25) is 0 Å². The van der Waals surface area contributed by atoms with Crippen LogP contribution in [-0.4, -0.2) is 22.5 Å². The molecule has 1 aromatic heterocycles.